The molecule has 0 radical (unpaired) electrons. The van der Waals surface area contributed by atoms with E-state index in [2.05, 4.69) is 63.8 Å². The van der Waals surface area contributed by atoms with E-state index in [0.29, 0.717) is 32.1 Å². The Morgan fingerprint density at radius 3 is 2.28 bits per heavy atom. The van der Waals surface area contributed by atoms with E-state index in [4.69, 9.17) is 24.2 Å². The Balaban J connectivity index is 1.08. The topological polar surface area (TPSA) is 155 Å². The molecule has 2 bridgehead atoms. The number of alkyl carbamates (subject to hydrolysis) is 1. The fourth-order valence-corrected chi connectivity index (χ4v) is 7.54. The third-order valence-electron chi connectivity index (χ3n) is 10.3. The second kappa shape index (κ2) is 15.5. The lowest BCUT2D eigenvalue weighted by molar-refractivity contribution is -0.135. The van der Waals surface area contributed by atoms with Crippen LogP contribution in [0.2, 0.25) is 0 Å². The number of methoxy groups -OCH3 is 1. The molecule has 13 heteroatoms. The number of carbonyl (C=O) groups is 3. The van der Waals surface area contributed by atoms with Gasteiger partial charge in [-0.1, -0.05) is 67.6 Å². The number of aromatic nitrogens is 4. The molecule has 2 aromatic heterocycles. The fourth-order valence-electron chi connectivity index (χ4n) is 7.54. The molecule has 4 aromatic rings. The summed E-state index contributed by atoms with van der Waals surface area (Å²) in [6.07, 6.45) is 8.03. The van der Waals surface area contributed by atoms with Crippen molar-refractivity contribution in [2.45, 2.75) is 83.7 Å². The Morgan fingerprint density at radius 2 is 1.57 bits per heavy atom. The van der Waals surface area contributed by atoms with Crippen LogP contribution in [0.3, 0.4) is 0 Å². The molecule has 3 aliphatic rings. The first-order valence-corrected chi connectivity index (χ1v) is 18.7. The number of benzene rings is 2. The summed E-state index contributed by atoms with van der Waals surface area (Å²) in [5.74, 6) is 1.04. The van der Waals surface area contributed by atoms with Crippen LogP contribution in [0.4, 0.5) is 9.59 Å². The molecule has 13 nitrogen and oxygen atoms in total. The maximum absolute atomic E-state index is 13.9. The van der Waals surface area contributed by atoms with E-state index in [1.807, 2.05) is 50.9 Å². The number of carbonyl (C=O) groups excluding carboxylic acids is 3. The summed E-state index contributed by atoms with van der Waals surface area (Å²) in [5, 5.41) is 2.74. The van der Waals surface area contributed by atoms with Crippen molar-refractivity contribution < 1.29 is 28.6 Å². The van der Waals surface area contributed by atoms with E-state index >= 15 is 0 Å². The summed E-state index contributed by atoms with van der Waals surface area (Å²) in [5.41, 5.74) is 5.92. The van der Waals surface area contributed by atoms with Crippen molar-refractivity contribution in [3.05, 3.63) is 84.2 Å². The molecule has 2 saturated heterocycles. The summed E-state index contributed by atoms with van der Waals surface area (Å²) in [7, 11) is 1.29. The van der Waals surface area contributed by atoms with Crippen molar-refractivity contribution >= 4 is 18.1 Å². The Bertz CT molecular complexity index is 1990. The van der Waals surface area contributed by atoms with Gasteiger partial charge in [-0.2, -0.15) is 0 Å². The standard InChI is InChI=1S/C41H49N7O6/c1-25-9-8-22-53-24-31-35(45-37(44-31)33-11-6-20-47(33)38(49)34(25)46-39(50)52-5)29-18-14-27(15-19-29)26-12-16-28(17-13-26)30-23-42-36(43-30)32-10-7-21-48(32)40(51)54-41(2,3)4/h8-9,12-19,23,25,32-34H,6-7,10-11,20-22,24H2,1-5H3,(H,42,43)(H,44,45)(H,46,50)/b9-8+/t25-,32-,33-,34-/m0/s1. The number of nitrogens with one attached hydrogen (secondary N) is 3. The van der Waals surface area contributed by atoms with E-state index in [0.717, 1.165) is 70.8 Å². The number of hydrogen-bond donors (Lipinski definition) is 3. The van der Waals surface area contributed by atoms with Gasteiger partial charge in [0, 0.05) is 36.3 Å². The zero-order chi connectivity index (χ0) is 38.0. The van der Waals surface area contributed by atoms with Gasteiger partial charge in [0.15, 0.2) is 0 Å². The molecule has 0 saturated carbocycles. The van der Waals surface area contributed by atoms with Crippen molar-refractivity contribution in [2.75, 3.05) is 26.8 Å². The summed E-state index contributed by atoms with van der Waals surface area (Å²) in [6, 6.07) is 15.4. The van der Waals surface area contributed by atoms with E-state index in [-0.39, 0.29) is 30.0 Å². The van der Waals surface area contributed by atoms with Crippen LogP contribution in [0.15, 0.2) is 66.9 Å². The largest absolute Gasteiger partial charge is 0.453 e. The first kappa shape index (κ1) is 36.9. The van der Waals surface area contributed by atoms with Gasteiger partial charge in [-0.15, -0.1) is 0 Å². The average Bonchev–Trinajstić information content (AvgIpc) is 3.99. The van der Waals surface area contributed by atoms with Gasteiger partial charge in [-0.3, -0.25) is 9.69 Å². The van der Waals surface area contributed by atoms with E-state index in [1.54, 1.807) is 4.90 Å². The number of fused-ring (bicyclic) bond motifs is 4. The molecule has 2 fully saturated rings. The Labute approximate surface area is 315 Å². The van der Waals surface area contributed by atoms with Gasteiger partial charge < -0.3 is 34.4 Å². The minimum atomic E-state index is -0.781. The molecule has 2 aromatic carbocycles. The molecule has 3 N–H and O–H groups in total. The number of H-pyrrole nitrogens is 2. The maximum Gasteiger partial charge on any atom is 0.410 e. The minimum absolute atomic E-state index is 0.141. The lowest BCUT2D eigenvalue weighted by Gasteiger charge is -2.30. The lowest BCUT2D eigenvalue weighted by Crippen LogP contribution is -2.51. The van der Waals surface area contributed by atoms with Crippen molar-refractivity contribution in [3.8, 4) is 33.6 Å². The monoisotopic (exact) mass is 735 g/mol. The van der Waals surface area contributed by atoms with Crippen molar-refractivity contribution in [2.24, 2.45) is 5.92 Å². The SMILES string of the molecule is COC(=O)N[C@@H]1C(=O)N2CCC[C@H]2c2nc(-c3ccc(-c4ccc(-c5c[nH]c([C@@H]6CCCN6C(=O)OC(C)(C)C)n5)cc4)cc3)c([nH]2)COC/C=C/[C@@H]1C. The van der Waals surface area contributed by atoms with Crippen LogP contribution in [0.5, 0.6) is 0 Å². The highest BCUT2D eigenvalue weighted by atomic mass is 16.6. The third-order valence-corrected chi connectivity index (χ3v) is 10.3. The van der Waals surface area contributed by atoms with Crippen LogP contribution in [-0.2, 0) is 25.6 Å². The van der Waals surface area contributed by atoms with E-state index in [1.165, 1.54) is 7.11 Å². The van der Waals surface area contributed by atoms with Crippen LogP contribution in [-0.4, -0.2) is 86.3 Å². The van der Waals surface area contributed by atoms with Crippen LogP contribution in [0.25, 0.3) is 33.6 Å². The third kappa shape index (κ3) is 7.91. The van der Waals surface area contributed by atoms with Gasteiger partial charge in [0.2, 0.25) is 5.91 Å². The van der Waals surface area contributed by atoms with Gasteiger partial charge in [0.25, 0.3) is 0 Å². The van der Waals surface area contributed by atoms with Gasteiger partial charge in [-0.05, 0) is 57.6 Å². The van der Waals surface area contributed by atoms with Gasteiger partial charge in [0.05, 0.1) is 49.5 Å². The average molecular weight is 736 g/mol. The second-order valence-electron chi connectivity index (χ2n) is 15.2. The quantitative estimate of drug-likeness (QED) is 0.180. The Morgan fingerprint density at radius 1 is 0.907 bits per heavy atom. The number of aromatic amines is 2. The zero-order valence-corrected chi connectivity index (χ0v) is 31.6. The summed E-state index contributed by atoms with van der Waals surface area (Å²) < 4.78 is 16.5. The smallest absolute Gasteiger partial charge is 0.410 e. The zero-order valence-electron chi connectivity index (χ0n) is 31.6. The molecule has 0 unspecified atom stereocenters. The van der Waals surface area contributed by atoms with Crippen molar-refractivity contribution in [1.29, 1.82) is 0 Å². The highest BCUT2D eigenvalue weighted by Crippen LogP contribution is 2.36. The Hall–Kier alpha value is -5.43. The van der Waals surface area contributed by atoms with Crippen molar-refractivity contribution in [3.63, 3.8) is 0 Å². The van der Waals surface area contributed by atoms with Gasteiger partial charge in [0.1, 0.15) is 23.3 Å². The molecule has 0 aliphatic carbocycles. The Kier molecular flexibility index (Phi) is 10.6. The first-order valence-electron chi connectivity index (χ1n) is 18.7. The molecule has 3 amide bonds. The number of nitrogens with zero attached hydrogens (tertiary/aromatic N) is 4. The van der Waals surface area contributed by atoms with Gasteiger partial charge >= 0.3 is 12.2 Å². The number of imidazole rings is 2. The highest BCUT2D eigenvalue weighted by Gasteiger charge is 2.39. The normalized spacial score (nSPS) is 22.5. The van der Waals surface area contributed by atoms with Crippen LogP contribution in [0, 0.1) is 5.92 Å². The molecule has 4 atom stereocenters. The number of ether oxygens (including phenoxy) is 3. The number of amides is 3. The summed E-state index contributed by atoms with van der Waals surface area (Å²) >= 11 is 0. The molecule has 7 rings (SSSR count). The molecule has 5 heterocycles. The molecule has 284 valence electrons. The van der Waals surface area contributed by atoms with Crippen molar-refractivity contribution in [1.82, 2.24) is 35.1 Å². The predicted octanol–water partition coefficient (Wildman–Crippen LogP) is 7.32. The molecular weight excluding hydrogens is 686 g/mol. The molecule has 3 aliphatic heterocycles. The minimum Gasteiger partial charge on any atom is -0.453 e. The first-order chi connectivity index (χ1) is 26.0. The van der Waals surface area contributed by atoms with Gasteiger partial charge in [-0.25, -0.2) is 19.6 Å². The van der Waals surface area contributed by atoms with Crippen LogP contribution >= 0.6 is 0 Å². The summed E-state index contributed by atoms with van der Waals surface area (Å²) in [6.45, 7) is 9.41. The van der Waals surface area contributed by atoms with Crippen LogP contribution < -0.4 is 5.32 Å². The van der Waals surface area contributed by atoms with E-state index < -0.39 is 17.7 Å². The number of likely N-dealkylation sites (tertiary alicyclic amines) is 1. The molecule has 54 heavy (non-hydrogen) atoms. The van der Waals surface area contributed by atoms with Crippen LogP contribution in [0.1, 0.15) is 82.8 Å². The number of rotatable bonds is 5. The maximum atomic E-state index is 13.9. The summed E-state index contributed by atoms with van der Waals surface area (Å²) in [4.78, 5) is 59.3. The highest BCUT2D eigenvalue weighted by molar-refractivity contribution is 5.87. The molecular formula is C41H49N7O6. The molecule has 0 spiro atoms. The predicted molar refractivity (Wildman–Crippen MR) is 203 cm³/mol. The number of hydrogen-bond acceptors (Lipinski definition) is 8. The fraction of sp³-hybridized carbons (Fsp3) is 0.439. The second-order valence-corrected chi connectivity index (χ2v) is 15.2. The van der Waals surface area contributed by atoms with E-state index in [9.17, 15) is 14.4 Å². The lowest BCUT2D eigenvalue weighted by atomic mass is 9.99.